The van der Waals surface area contributed by atoms with Crippen molar-refractivity contribution in [2.75, 3.05) is 13.4 Å². The average Bonchev–Trinajstić information content (AvgIpc) is 2.97. The van der Waals surface area contributed by atoms with Crippen LogP contribution in [0.1, 0.15) is 64.7 Å². The highest BCUT2D eigenvalue weighted by Crippen LogP contribution is 2.47. The van der Waals surface area contributed by atoms with Gasteiger partial charge in [0.05, 0.1) is 25.3 Å². The third kappa shape index (κ3) is 6.97. The Morgan fingerprint density at radius 2 is 1.84 bits per heavy atom. The Morgan fingerprint density at radius 3 is 2.53 bits per heavy atom. The highest BCUT2D eigenvalue weighted by Gasteiger charge is 2.49. The van der Waals surface area contributed by atoms with Crippen LogP contribution in [-0.2, 0) is 26.3 Å². The van der Waals surface area contributed by atoms with Crippen molar-refractivity contribution in [1.82, 2.24) is 20.1 Å². The van der Waals surface area contributed by atoms with E-state index in [0.29, 0.717) is 46.0 Å². The van der Waals surface area contributed by atoms with Gasteiger partial charge in [0.1, 0.15) is 6.61 Å². The minimum absolute atomic E-state index is 0.0368. The van der Waals surface area contributed by atoms with E-state index in [4.69, 9.17) is 32.8 Å². The van der Waals surface area contributed by atoms with Gasteiger partial charge >= 0.3 is 0 Å². The molecule has 2 aliphatic rings. The van der Waals surface area contributed by atoms with Gasteiger partial charge in [-0.2, -0.15) is 0 Å². The summed E-state index contributed by atoms with van der Waals surface area (Å²) in [6.07, 6.45) is 5.35. The molecule has 1 fully saturated rings. The number of hydroxylamine groups is 1. The van der Waals surface area contributed by atoms with Gasteiger partial charge in [0.25, 0.3) is 11.8 Å². The van der Waals surface area contributed by atoms with Crippen molar-refractivity contribution in [3.63, 3.8) is 0 Å². The molecular weight excluding hydrogens is 615 g/mol. The average molecular weight is 648 g/mol. The topological polar surface area (TPSA) is 127 Å². The number of aromatic nitrogens is 1. The number of ether oxygens (including phenoxy) is 1. The second-order valence-electron chi connectivity index (χ2n) is 10.7. The van der Waals surface area contributed by atoms with Crippen LogP contribution in [0.25, 0.3) is 0 Å². The van der Waals surface area contributed by atoms with Gasteiger partial charge in [-0.25, -0.2) is 23.6 Å². The number of halogens is 2. The van der Waals surface area contributed by atoms with Gasteiger partial charge < -0.3 is 9.64 Å². The number of carbonyl (C=O) groups is 2. The van der Waals surface area contributed by atoms with Gasteiger partial charge in [-0.05, 0) is 53.8 Å². The van der Waals surface area contributed by atoms with Crippen molar-refractivity contribution < 1.29 is 27.6 Å². The zero-order valence-corrected chi connectivity index (χ0v) is 26.0. The predicted octanol–water partition coefficient (Wildman–Crippen LogP) is 4.79. The van der Waals surface area contributed by atoms with Crippen LogP contribution in [0.15, 0.2) is 60.8 Å². The lowest BCUT2D eigenvalue weighted by molar-refractivity contribution is -0.138. The van der Waals surface area contributed by atoms with Crippen LogP contribution in [-0.4, -0.2) is 55.6 Å². The zero-order valence-electron chi connectivity index (χ0n) is 23.6. The van der Waals surface area contributed by atoms with Crippen molar-refractivity contribution in [3.05, 3.63) is 93.1 Å². The standard InChI is InChI=1S/C30H32Cl2N4O6S/c1-41-26-14-11-18(16-33-26)17-42-34-29(37)27-20-7-3-4-8-21(20)30(38)36(28(27)22-13-12-19(31)15-23(22)32)25-10-6-5-9-24(25)35-43(2,39)40/h3-4,7-8,11-16,24-25,27-28,35H,5-6,9-10,17H2,1-2H3,(H,34,37)/t24-,25?,27+,28-/m0/s1. The smallest absolute Gasteiger partial charge is 0.255 e. The van der Waals surface area contributed by atoms with Crippen molar-refractivity contribution in [3.8, 4) is 5.88 Å². The molecule has 13 heteroatoms. The monoisotopic (exact) mass is 646 g/mol. The lowest BCUT2D eigenvalue weighted by Crippen LogP contribution is -2.59. The maximum absolute atomic E-state index is 14.3. The summed E-state index contributed by atoms with van der Waals surface area (Å²) in [6.45, 7) is 0.0368. The molecule has 2 N–H and O–H groups in total. The Kier molecular flexibility index (Phi) is 9.57. The molecule has 2 heterocycles. The first-order valence-electron chi connectivity index (χ1n) is 13.8. The van der Waals surface area contributed by atoms with E-state index in [1.165, 1.54) is 7.11 Å². The summed E-state index contributed by atoms with van der Waals surface area (Å²) in [5.41, 5.74) is 4.65. The number of amides is 2. The molecule has 0 bridgehead atoms. The molecule has 0 radical (unpaired) electrons. The Balaban J connectivity index is 1.56. The van der Waals surface area contributed by atoms with Crippen LogP contribution in [0, 0.1) is 0 Å². The minimum atomic E-state index is -3.59. The minimum Gasteiger partial charge on any atom is -0.481 e. The molecule has 0 saturated heterocycles. The second kappa shape index (κ2) is 13.2. The fourth-order valence-corrected chi connectivity index (χ4v) is 7.34. The highest BCUT2D eigenvalue weighted by atomic mass is 35.5. The molecule has 1 unspecified atom stereocenters. The molecule has 4 atom stereocenters. The second-order valence-corrected chi connectivity index (χ2v) is 13.3. The van der Waals surface area contributed by atoms with Gasteiger partial charge in [-0.15, -0.1) is 0 Å². The number of nitrogens with one attached hydrogen (secondary N) is 2. The maximum Gasteiger partial charge on any atom is 0.255 e. The highest BCUT2D eigenvalue weighted by molar-refractivity contribution is 7.88. The Labute approximate surface area is 260 Å². The summed E-state index contributed by atoms with van der Waals surface area (Å²) >= 11 is 13.0. The number of sulfonamides is 1. The normalized spacial score (nSPS) is 22.1. The van der Waals surface area contributed by atoms with Crippen LogP contribution < -0.4 is 14.9 Å². The predicted molar refractivity (Wildman–Crippen MR) is 162 cm³/mol. The van der Waals surface area contributed by atoms with Crippen molar-refractivity contribution in [2.24, 2.45) is 0 Å². The van der Waals surface area contributed by atoms with Gasteiger partial charge in [0.15, 0.2) is 0 Å². The van der Waals surface area contributed by atoms with Gasteiger partial charge in [0.2, 0.25) is 15.9 Å². The van der Waals surface area contributed by atoms with E-state index in [0.717, 1.165) is 19.1 Å². The molecule has 0 spiro atoms. The van der Waals surface area contributed by atoms with Crippen LogP contribution in [0.5, 0.6) is 5.88 Å². The Hall–Kier alpha value is -3.22. The molecule has 10 nitrogen and oxygen atoms in total. The molecule has 3 aromatic rings. The molecule has 1 aromatic heterocycles. The van der Waals surface area contributed by atoms with E-state index < -0.39 is 40.0 Å². The quantitative estimate of drug-likeness (QED) is 0.320. The molecule has 1 aliphatic carbocycles. The molecular formula is C30H32Cl2N4O6S. The van der Waals surface area contributed by atoms with E-state index in [1.54, 1.807) is 65.7 Å². The largest absolute Gasteiger partial charge is 0.481 e. The Morgan fingerprint density at radius 1 is 1.07 bits per heavy atom. The number of carbonyl (C=O) groups excluding carboxylic acids is 2. The molecule has 1 aliphatic heterocycles. The lowest BCUT2D eigenvalue weighted by Gasteiger charge is -2.49. The number of hydrogen-bond donors (Lipinski definition) is 2. The van der Waals surface area contributed by atoms with Crippen LogP contribution >= 0.6 is 23.2 Å². The fraction of sp³-hybridized carbons (Fsp3) is 0.367. The Bertz CT molecular complexity index is 1600. The molecule has 5 rings (SSSR count). The van der Waals surface area contributed by atoms with E-state index >= 15 is 0 Å². The first kappa shape index (κ1) is 31.2. The van der Waals surface area contributed by atoms with Gasteiger partial charge in [-0.1, -0.05) is 60.3 Å². The van der Waals surface area contributed by atoms with Crippen molar-refractivity contribution in [2.45, 2.75) is 56.3 Å². The molecule has 2 amide bonds. The number of fused-ring (bicyclic) bond motifs is 1. The fourth-order valence-electron chi connectivity index (χ4n) is 6.00. The van der Waals surface area contributed by atoms with Gasteiger partial charge in [-0.3, -0.25) is 14.4 Å². The summed E-state index contributed by atoms with van der Waals surface area (Å²) < 4.78 is 32.5. The summed E-state index contributed by atoms with van der Waals surface area (Å²) in [6, 6.07) is 13.3. The third-order valence-electron chi connectivity index (χ3n) is 7.81. The molecule has 1 saturated carbocycles. The lowest BCUT2D eigenvalue weighted by atomic mass is 9.76. The first-order valence-corrected chi connectivity index (χ1v) is 16.5. The summed E-state index contributed by atoms with van der Waals surface area (Å²) in [7, 11) is -2.07. The zero-order chi connectivity index (χ0) is 30.7. The van der Waals surface area contributed by atoms with Crippen LogP contribution in [0.4, 0.5) is 0 Å². The number of nitrogens with zero attached hydrogens (tertiary/aromatic N) is 2. The summed E-state index contributed by atoms with van der Waals surface area (Å²) in [4.78, 5) is 39.8. The number of benzene rings is 2. The van der Waals surface area contributed by atoms with Crippen molar-refractivity contribution >= 4 is 45.0 Å². The number of pyridine rings is 1. The molecule has 228 valence electrons. The van der Waals surface area contributed by atoms with Crippen molar-refractivity contribution in [1.29, 1.82) is 0 Å². The van der Waals surface area contributed by atoms with E-state index in [2.05, 4.69) is 15.2 Å². The van der Waals surface area contributed by atoms with Crippen LogP contribution in [0.2, 0.25) is 10.0 Å². The van der Waals surface area contributed by atoms with E-state index in [1.807, 2.05) is 0 Å². The number of rotatable bonds is 9. The number of methoxy groups -OCH3 is 1. The van der Waals surface area contributed by atoms with E-state index in [9.17, 15) is 18.0 Å². The molecule has 43 heavy (non-hydrogen) atoms. The van der Waals surface area contributed by atoms with Gasteiger partial charge in [0, 0.05) is 40.0 Å². The van der Waals surface area contributed by atoms with Crippen LogP contribution in [0.3, 0.4) is 0 Å². The third-order valence-corrected chi connectivity index (χ3v) is 9.10. The number of hydrogen-bond acceptors (Lipinski definition) is 7. The maximum atomic E-state index is 14.3. The first-order chi connectivity index (χ1) is 20.6. The summed E-state index contributed by atoms with van der Waals surface area (Å²) in [5.74, 6) is -1.30. The SMILES string of the molecule is COc1ccc(CONC(=O)[C@@H]2c3ccccc3C(=O)N(C3CCCC[C@@H]3NS(C)(=O)=O)[C@H]2c2ccc(Cl)cc2Cl)cn1. The summed E-state index contributed by atoms with van der Waals surface area (Å²) in [5, 5.41) is 0.677. The van der Waals surface area contributed by atoms with E-state index in [-0.39, 0.29) is 17.5 Å². The molecule has 2 aromatic carbocycles.